The van der Waals surface area contributed by atoms with Gasteiger partial charge in [-0.1, -0.05) is 13.8 Å². The van der Waals surface area contributed by atoms with Gasteiger partial charge in [0.05, 0.1) is 0 Å². The van der Waals surface area contributed by atoms with Gasteiger partial charge in [0.15, 0.2) is 0 Å². The van der Waals surface area contributed by atoms with Crippen molar-refractivity contribution in [3.05, 3.63) is 21.4 Å². The molecule has 116 valence electrons. The molecule has 1 rings (SSSR count). The molecule has 20 heavy (non-hydrogen) atoms. The number of rotatable bonds is 8. The fourth-order valence-corrected chi connectivity index (χ4v) is 3.61. The van der Waals surface area contributed by atoms with Crippen molar-refractivity contribution in [3.63, 3.8) is 0 Å². The van der Waals surface area contributed by atoms with Gasteiger partial charge in [-0.3, -0.25) is 4.90 Å². The fourth-order valence-electron chi connectivity index (χ4n) is 2.63. The molecule has 1 atom stereocenters. The first-order valence-corrected chi connectivity index (χ1v) is 8.32. The van der Waals surface area contributed by atoms with Crippen LogP contribution in [0.4, 0.5) is 0 Å². The Morgan fingerprint density at radius 2 is 1.85 bits per heavy atom. The van der Waals surface area contributed by atoms with Crippen molar-refractivity contribution in [3.8, 4) is 0 Å². The van der Waals surface area contributed by atoms with Gasteiger partial charge < -0.3 is 10.6 Å². The fraction of sp³-hybridized carbons (Fsp3) is 0.750. The maximum absolute atomic E-state index is 6.12. The molecule has 0 aliphatic carbocycles. The summed E-state index contributed by atoms with van der Waals surface area (Å²) in [5.41, 5.74) is 7.54. The Bertz CT molecular complexity index is 398. The summed E-state index contributed by atoms with van der Waals surface area (Å²) in [5, 5.41) is 0. The summed E-state index contributed by atoms with van der Waals surface area (Å²) < 4.78 is 0. The second-order valence-corrected chi connectivity index (χ2v) is 7.77. The van der Waals surface area contributed by atoms with Crippen LogP contribution < -0.4 is 5.73 Å². The quantitative estimate of drug-likeness (QED) is 0.801. The molecule has 0 saturated heterocycles. The van der Waals surface area contributed by atoms with Crippen LogP contribution in [0.25, 0.3) is 0 Å². The van der Waals surface area contributed by atoms with Crippen molar-refractivity contribution in [2.75, 3.05) is 40.3 Å². The number of nitrogens with zero attached hydrogens (tertiary/aromatic N) is 2. The lowest BCUT2D eigenvalue weighted by Gasteiger charge is -2.33. The Labute approximate surface area is 128 Å². The van der Waals surface area contributed by atoms with Gasteiger partial charge >= 0.3 is 0 Å². The van der Waals surface area contributed by atoms with Crippen LogP contribution in [0.5, 0.6) is 0 Å². The van der Waals surface area contributed by atoms with Crippen LogP contribution >= 0.6 is 11.3 Å². The van der Waals surface area contributed by atoms with Crippen molar-refractivity contribution in [1.82, 2.24) is 9.80 Å². The zero-order chi connectivity index (χ0) is 15.3. The summed E-state index contributed by atoms with van der Waals surface area (Å²) >= 11 is 1.88. The van der Waals surface area contributed by atoms with E-state index in [-0.39, 0.29) is 0 Å². The first-order chi connectivity index (χ1) is 9.35. The van der Waals surface area contributed by atoms with Gasteiger partial charge in [0.25, 0.3) is 0 Å². The summed E-state index contributed by atoms with van der Waals surface area (Å²) in [6.45, 7) is 12.9. The number of hydrogen-bond donors (Lipinski definition) is 1. The van der Waals surface area contributed by atoms with Crippen LogP contribution in [-0.4, -0.2) is 50.1 Å². The third kappa shape index (κ3) is 5.17. The molecule has 1 unspecified atom stereocenters. The van der Waals surface area contributed by atoms with Crippen LogP contribution in [0.15, 0.2) is 6.07 Å². The summed E-state index contributed by atoms with van der Waals surface area (Å²) in [6, 6.07) is 2.67. The van der Waals surface area contributed by atoms with Crippen LogP contribution in [0, 0.1) is 19.8 Å². The van der Waals surface area contributed by atoms with E-state index in [1.165, 1.54) is 15.3 Å². The van der Waals surface area contributed by atoms with Gasteiger partial charge in [-0.25, -0.2) is 0 Å². The van der Waals surface area contributed by atoms with Gasteiger partial charge in [-0.2, -0.15) is 0 Å². The van der Waals surface area contributed by atoms with Gasteiger partial charge in [0.2, 0.25) is 0 Å². The van der Waals surface area contributed by atoms with E-state index in [9.17, 15) is 0 Å². The van der Waals surface area contributed by atoms with Crippen LogP contribution in [-0.2, 0) is 0 Å². The van der Waals surface area contributed by atoms with Crippen LogP contribution in [0.2, 0.25) is 0 Å². The Balaban J connectivity index is 2.91. The highest BCUT2D eigenvalue weighted by Gasteiger charge is 2.22. The predicted molar refractivity (Wildman–Crippen MR) is 90.6 cm³/mol. The number of likely N-dealkylation sites (N-methyl/N-ethyl adjacent to an activating group) is 1. The highest BCUT2D eigenvalue weighted by Crippen LogP contribution is 2.30. The van der Waals surface area contributed by atoms with E-state index in [4.69, 9.17) is 5.73 Å². The Morgan fingerprint density at radius 3 is 2.25 bits per heavy atom. The molecule has 0 aliphatic rings. The van der Waals surface area contributed by atoms with E-state index in [0.29, 0.717) is 18.5 Å². The highest BCUT2D eigenvalue weighted by molar-refractivity contribution is 7.12. The van der Waals surface area contributed by atoms with Gasteiger partial charge in [-0.05, 0) is 45.5 Å². The zero-order valence-electron chi connectivity index (χ0n) is 13.9. The second-order valence-electron chi connectivity index (χ2n) is 6.31. The molecule has 0 fully saturated rings. The van der Waals surface area contributed by atoms with Gasteiger partial charge in [-0.15, -0.1) is 11.3 Å². The lowest BCUT2D eigenvalue weighted by molar-refractivity contribution is 0.163. The predicted octanol–water partition coefficient (Wildman–Crippen LogP) is 2.88. The lowest BCUT2D eigenvalue weighted by atomic mass is 10.0. The molecule has 0 bridgehead atoms. The zero-order valence-corrected chi connectivity index (χ0v) is 14.8. The largest absolute Gasteiger partial charge is 0.329 e. The summed E-state index contributed by atoms with van der Waals surface area (Å²) in [6.07, 6.45) is 0. The van der Waals surface area contributed by atoms with E-state index < -0.39 is 0 Å². The van der Waals surface area contributed by atoms with E-state index in [1.54, 1.807) is 0 Å². The minimum absolute atomic E-state index is 0.349. The number of nitrogens with two attached hydrogens (primary N) is 1. The first kappa shape index (κ1) is 17.6. The maximum Gasteiger partial charge on any atom is 0.0482 e. The highest BCUT2D eigenvalue weighted by atomic mass is 32.1. The maximum atomic E-state index is 6.12. The molecule has 4 heteroatoms. The molecule has 0 radical (unpaired) electrons. The Kier molecular flexibility index (Phi) is 7.17. The third-order valence-corrected chi connectivity index (χ3v) is 4.52. The molecule has 0 aliphatic heterocycles. The standard InChI is InChI=1S/C16H31N3S/c1-12(2)11-19(8-7-18(5)6)16(10-17)15-9-13(3)20-14(15)4/h9,12,16H,7-8,10-11,17H2,1-6H3. The molecule has 0 spiro atoms. The van der Waals surface area contributed by atoms with E-state index in [2.05, 4.69) is 57.7 Å². The van der Waals surface area contributed by atoms with Gasteiger partial charge in [0, 0.05) is 42.0 Å². The van der Waals surface area contributed by atoms with E-state index >= 15 is 0 Å². The third-order valence-electron chi connectivity index (χ3n) is 3.54. The summed E-state index contributed by atoms with van der Waals surface area (Å²) in [7, 11) is 4.26. The Morgan fingerprint density at radius 1 is 1.20 bits per heavy atom. The average Bonchev–Trinajstić information content (AvgIpc) is 2.65. The molecule has 1 aromatic heterocycles. The van der Waals surface area contributed by atoms with Crippen LogP contribution in [0.3, 0.4) is 0 Å². The average molecular weight is 298 g/mol. The molecular weight excluding hydrogens is 266 g/mol. The topological polar surface area (TPSA) is 32.5 Å². The number of aryl methyl sites for hydroxylation is 2. The molecule has 1 heterocycles. The molecule has 1 aromatic rings. The van der Waals surface area contributed by atoms with Crippen molar-refractivity contribution in [1.29, 1.82) is 0 Å². The summed E-state index contributed by atoms with van der Waals surface area (Å²) in [5.74, 6) is 0.659. The van der Waals surface area contributed by atoms with Crippen LogP contribution in [0.1, 0.15) is 35.2 Å². The summed E-state index contributed by atoms with van der Waals surface area (Å²) in [4.78, 5) is 7.59. The number of hydrogen-bond acceptors (Lipinski definition) is 4. The van der Waals surface area contributed by atoms with Crippen molar-refractivity contribution in [2.45, 2.75) is 33.7 Å². The monoisotopic (exact) mass is 297 g/mol. The molecule has 0 saturated carbocycles. The molecule has 0 aromatic carbocycles. The SMILES string of the molecule is Cc1cc(C(CN)N(CCN(C)C)CC(C)C)c(C)s1. The van der Waals surface area contributed by atoms with Crippen molar-refractivity contribution >= 4 is 11.3 Å². The van der Waals surface area contributed by atoms with Gasteiger partial charge in [0.1, 0.15) is 0 Å². The van der Waals surface area contributed by atoms with E-state index in [1.807, 2.05) is 11.3 Å². The normalized spacial score (nSPS) is 13.7. The minimum atomic E-state index is 0.349. The molecule has 0 amide bonds. The minimum Gasteiger partial charge on any atom is -0.329 e. The number of thiophene rings is 1. The molecule has 3 nitrogen and oxygen atoms in total. The smallest absolute Gasteiger partial charge is 0.0482 e. The van der Waals surface area contributed by atoms with Crippen molar-refractivity contribution < 1.29 is 0 Å². The van der Waals surface area contributed by atoms with Crippen molar-refractivity contribution in [2.24, 2.45) is 11.7 Å². The molecule has 2 N–H and O–H groups in total. The molecular formula is C16H31N3S. The Hall–Kier alpha value is -0.420. The van der Waals surface area contributed by atoms with E-state index in [0.717, 1.165) is 19.6 Å². The lowest BCUT2D eigenvalue weighted by Crippen LogP contribution is -2.40. The second kappa shape index (κ2) is 8.13. The first-order valence-electron chi connectivity index (χ1n) is 7.51.